The molecule has 1 heterocycles. The number of nitrogens with zero attached hydrogens (tertiary/aromatic N) is 1. The van der Waals surface area contributed by atoms with Crippen molar-refractivity contribution in [3.05, 3.63) is 83.9 Å². The summed E-state index contributed by atoms with van der Waals surface area (Å²) in [4.78, 5) is 32.5. The van der Waals surface area contributed by atoms with Gasteiger partial charge in [-0.1, -0.05) is 42.5 Å². The summed E-state index contributed by atoms with van der Waals surface area (Å²) >= 11 is 0. The minimum atomic E-state index is -0.583. The van der Waals surface area contributed by atoms with E-state index in [2.05, 4.69) is 15.3 Å². The van der Waals surface area contributed by atoms with Crippen molar-refractivity contribution < 1.29 is 14.3 Å². The molecule has 4 rings (SSSR count). The molecule has 2 N–H and O–H groups in total. The van der Waals surface area contributed by atoms with Crippen molar-refractivity contribution in [2.75, 3.05) is 11.9 Å². The SMILES string of the molecule is Cc1cccc(NC(=O)COC(=O)c2ccccc2-c2nc3ccccc3[nH]2)c1. The highest BCUT2D eigenvalue weighted by Gasteiger charge is 2.17. The number of benzene rings is 3. The van der Waals surface area contributed by atoms with E-state index in [0.717, 1.165) is 16.6 Å². The molecule has 0 aliphatic rings. The van der Waals surface area contributed by atoms with Crippen LogP contribution in [0, 0.1) is 6.92 Å². The van der Waals surface area contributed by atoms with Crippen LogP contribution in [-0.2, 0) is 9.53 Å². The fraction of sp³-hybridized carbons (Fsp3) is 0.0870. The Labute approximate surface area is 167 Å². The lowest BCUT2D eigenvalue weighted by atomic mass is 10.1. The summed E-state index contributed by atoms with van der Waals surface area (Å²) in [5.74, 6) is -0.409. The Morgan fingerprint density at radius 1 is 1.00 bits per heavy atom. The van der Waals surface area contributed by atoms with Crippen molar-refractivity contribution in [3.63, 3.8) is 0 Å². The molecule has 3 aromatic carbocycles. The highest BCUT2D eigenvalue weighted by molar-refractivity contribution is 5.99. The summed E-state index contributed by atoms with van der Waals surface area (Å²) in [5.41, 5.74) is 4.34. The number of nitrogens with one attached hydrogen (secondary N) is 2. The molecule has 0 unspecified atom stereocenters. The molecular weight excluding hydrogens is 366 g/mol. The number of carbonyl (C=O) groups excluding carboxylic acids is 2. The van der Waals surface area contributed by atoms with Crippen LogP contribution in [0.2, 0.25) is 0 Å². The highest BCUT2D eigenvalue weighted by atomic mass is 16.5. The normalized spacial score (nSPS) is 10.7. The molecule has 0 saturated carbocycles. The molecule has 6 heteroatoms. The summed E-state index contributed by atoms with van der Waals surface area (Å²) in [6, 6.07) is 22.1. The number of imidazole rings is 1. The number of rotatable bonds is 5. The third kappa shape index (κ3) is 4.16. The molecule has 1 aromatic heterocycles. The van der Waals surface area contributed by atoms with E-state index >= 15 is 0 Å². The summed E-state index contributed by atoms with van der Waals surface area (Å²) in [5, 5.41) is 2.72. The minimum Gasteiger partial charge on any atom is -0.452 e. The average molecular weight is 385 g/mol. The topological polar surface area (TPSA) is 84.1 Å². The van der Waals surface area contributed by atoms with Gasteiger partial charge >= 0.3 is 5.97 Å². The van der Waals surface area contributed by atoms with Gasteiger partial charge < -0.3 is 15.0 Å². The predicted molar refractivity (Wildman–Crippen MR) is 112 cm³/mol. The van der Waals surface area contributed by atoms with Gasteiger partial charge in [0.15, 0.2) is 6.61 Å². The molecule has 144 valence electrons. The first-order valence-corrected chi connectivity index (χ1v) is 9.18. The summed E-state index contributed by atoms with van der Waals surface area (Å²) in [7, 11) is 0. The van der Waals surface area contributed by atoms with E-state index in [1.807, 2.05) is 55.5 Å². The van der Waals surface area contributed by atoms with Crippen molar-refractivity contribution in [3.8, 4) is 11.4 Å². The van der Waals surface area contributed by atoms with Gasteiger partial charge in [0.2, 0.25) is 0 Å². The van der Waals surface area contributed by atoms with Crippen LogP contribution in [0.15, 0.2) is 72.8 Å². The molecule has 0 fully saturated rings. The number of para-hydroxylation sites is 2. The maximum atomic E-state index is 12.6. The maximum Gasteiger partial charge on any atom is 0.339 e. The van der Waals surface area contributed by atoms with Gasteiger partial charge in [-0.25, -0.2) is 9.78 Å². The monoisotopic (exact) mass is 385 g/mol. The van der Waals surface area contributed by atoms with Crippen LogP contribution in [0.3, 0.4) is 0 Å². The molecule has 29 heavy (non-hydrogen) atoms. The van der Waals surface area contributed by atoms with Crippen LogP contribution in [-0.4, -0.2) is 28.5 Å². The third-order valence-corrected chi connectivity index (χ3v) is 4.43. The smallest absolute Gasteiger partial charge is 0.339 e. The van der Waals surface area contributed by atoms with E-state index in [0.29, 0.717) is 22.6 Å². The maximum absolute atomic E-state index is 12.6. The lowest BCUT2D eigenvalue weighted by molar-refractivity contribution is -0.119. The molecule has 0 saturated heterocycles. The predicted octanol–water partition coefficient (Wildman–Crippen LogP) is 4.33. The second kappa shape index (κ2) is 7.98. The van der Waals surface area contributed by atoms with E-state index in [1.54, 1.807) is 24.3 Å². The van der Waals surface area contributed by atoms with Crippen LogP contribution >= 0.6 is 0 Å². The molecule has 0 aliphatic carbocycles. The van der Waals surface area contributed by atoms with Crippen LogP contribution in [0.4, 0.5) is 5.69 Å². The van der Waals surface area contributed by atoms with Gasteiger partial charge in [-0.3, -0.25) is 4.79 Å². The Hall–Kier alpha value is -3.93. The van der Waals surface area contributed by atoms with Crippen LogP contribution < -0.4 is 5.32 Å². The molecule has 0 spiro atoms. The Morgan fingerprint density at radius 3 is 2.62 bits per heavy atom. The standard InChI is InChI=1S/C23H19N3O3/c1-15-7-6-8-16(13-15)24-21(27)14-29-23(28)18-10-3-2-9-17(18)22-25-19-11-4-5-12-20(19)26-22/h2-13H,14H2,1H3,(H,24,27)(H,25,26). The van der Waals surface area contributed by atoms with Crippen molar-refractivity contribution in [2.45, 2.75) is 6.92 Å². The van der Waals surface area contributed by atoms with Gasteiger partial charge in [-0.2, -0.15) is 0 Å². The van der Waals surface area contributed by atoms with Gasteiger partial charge in [0.1, 0.15) is 5.82 Å². The Bertz CT molecular complexity index is 1160. The first kappa shape index (κ1) is 18.4. The van der Waals surface area contributed by atoms with Crippen molar-refractivity contribution in [2.24, 2.45) is 0 Å². The molecule has 4 aromatic rings. The summed E-state index contributed by atoms with van der Waals surface area (Å²) in [6.45, 7) is 1.56. The number of hydrogen-bond acceptors (Lipinski definition) is 4. The summed E-state index contributed by atoms with van der Waals surface area (Å²) < 4.78 is 5.24. The number of aryl methyl sites for hydroxylation is 1. The fourth-order valence-corrected chi connectivity index (χ4v) is 3.08. The number of H-pyrrole nitrogens is 1. The number of ether oxygens (including phenoxy) is 1. The zero-order chi connectivity index (χ0) is 20.2. The van der Waals surface area contributed by atoms with Gasteiger partial charge in [-0.15, -0.1) is 0 Å². The van der Waals surface area contributed by atoms with E-state index in [9.17, 15) is 9.59 Å². The van der Waals surface area contributed by atoms with Crippen molar-refractivity contribution >= 4 is 28.6 Å². The van der Waals surface area contributed by atoms with Gasteiger partial charge in [-0.05, 0) is 42.8 Å². The zero-order valence-electron chi connectivity index (χ0n) is 15.8. The Balaban J connectivity index is 1.48. The molecule has 0 atom stereocenters. The number of aromatic nitrogens is 2. The van der Waals surface area contributed by atoms with E-state index in [-0.39, 0.29) is 6.61 Å². The van der Waals surface area contributed by atoms with Crippen LogP contribution in [0.1, 0.15) is 15.9 Å². The number of hydrogen-bond donors (Lipinski definition) is 2. The van der Waals surface area contributed by atoms with Gasteiger partial charge in [0.05, 0.1) is 16.6 Å². The lowest BCUT2D eigenvalue weighted by Gasteiger charge is -2.09. The van der Waals surface area contributed by atoms with E-state index < -0.39 is 11.9 Å². The first-order chi connectivity index (χ1) is 14.1. The Kier molecular flexibility index (Phi) is 5.07. The number of carbonyl (C=O) groups is 2. The largest absolute Gasteiger partial charge is 0.452 e. The number of aromatic amines is 1. The summed E-state index contributed by atoms with van der Waals surface area (Å²) in [6.07, 6.45) is 0. The first-order valence-electron chi connectivity index (χ1n) is 9.18. The van der Waals surface area contributed by atoms with Crippen molar-refractivity contribution in [1.82, 2.24) is 9.97 Å². The van der Waals surface area contributed by atoms with E-state index in [4.69, 9.17) is 4.74 Å². The highest BCUT2D eigenvalue weighted by Crippen LogP contribution is 2.24. The molecule has 6 nitrogen and oxygen atoms in total. The van der Waals surface area contributed by atoms with Gasteiger partial charge in [0, 0.05) is 11.3 Å². The fourth-order valence-electron chi connectivity index (χ4n) is 3.08. The van der Waals surface area contributed by atoms with Crippen molar-refractivity contribution in [1.29, 1.82) is 0 Å². The average Bonchev–Trinajstić information content (AvgIpc) is 3.16. The van der Waals surface area contributed by atoms with Crippen LogP contribution in [0.25, 0.3) is 22.4 Å². The van der Waals surface area contributed by atoms with Crippen LogP contribution in [0.5, 0.6) is 0 Å². The number of fused-ring (bicyclic) bond motifs is 1. The quantitative estimate of drug-likeness (QED) is 0.501. The number of esters is 1. The molecule has 0 bridgehead atoms. The third-order valence-electron chi connectivity index (χ3n) is 4.43. The molecule has 0 radical (unpaired) electrons. The second-order valence-electron chi connectivity index (χ2n) is 6.64. The minimum absolute atomic E-state index is 0.343. The zero-order valence-corrected chi connectivity index (χ0v) is 15.8. The number of amides is 1. The lowest BCUT2D eigenvalue weighted by Crippen LogP contribution is -2.21. The second-order valence-corrected chi connectivity index (χ2v) is 6.64. The Morgan fingerprint density at radius 2 is 1.79 bits per heavy atom. The molecular formula is C23H19N3O3. The van der Waals surface area contributed by atoms with E-state index in [1.165, 1.54) is 0 Å². The number of anilines is 1. The molecule has 1 amide bonds. The molecule has 0 aliphatic heterocycles. The van der Waals surface area contributed by atoms with Gasteiger partial charge in [0.25, 0.3) is 5.91 Å².